The van der Waals surface area contributed by atoms with Crippen molar-refractivity contribution >= 4 is 22.5 Å². The van der Waals surface area contributed by atoms with E-state index < -0.39 is 17.8 Å². The molecule has 1 aliphatic rings. The zero-order chi connectivity index (χ0) is 20.6. The molecule has 152 valence electrons. The number of thiazole rings is 1. The van der Waals surface area contributed by atoms with Crippen LogP contribution < -0.4 is 21.9 Å². The lowest BCUT2D eigenvalue weighted by Crippen LogP contribution is -2.36. The van der Waals surface area contributed by atoms with E-state index >= 15 is 0 Å². The number of halogens is 3. The molecule has 8 nitrogen and oxygen atoms in total. The molecule has 2 aromatic heterocycles. The molecule has 12 heteroatoms. The van der Waals surface area contributed by atoms with Gasteiger partial charge in [-0.1, -0.05) is 23.5 Å². The zero-order valence-electron chi connectivity index (χ0n) is 14.9. The van der Waals surface area contributed by atoms with E-state index in [4.69, 9.17) is 5.84 Å². The number of alkyl halides is 3. The van der Waals surface area contributed by atoms with Crippen molar-refractivity contribution < 1.29 is 18.0 Å². The van der Waals surface area contributed by atoms with Gasteiger partial charge in [0.05, 0.1) is 33.7 Å². The van der Waals surface area contributed by atoms with Crippen molar-refractivity contribution in [3.63, 3.8) is 0 Å². The summed E-state index contributed by atoms with van der Waals surface area (Å²) in [5.41, 5.74) is 3.65. The van der Waals surface area contributed by atoms with Crippen molar-refractivity contribution in [1.29, 1.82) is 0 Å². The Morgan fingerprint density at radius 3 is 2.83 bits per heavy atom. The second kappa shape index (κ2) is 7.46. The van der Waals surface area contributed by atoms with E-state index in [0.29, 0.717) is 40.9 Å². The first-order chi connectivity index (χ1) is 13.9. The number of nitrogens with one attached hydrogen (secondary N) is 3. The molecule has 2 amide bonds. The van der Waals surface area contributed by atoms with Crippen molar-refractivity contribution in [2.45, 2.75) is 12.6 Å². The quantitative estimate of drug-likeness (QED) is 0.224. The molecule has 0 saturated carbocycles. The molecular weight excluding hydrogens is 407 g/mol. The highest BCUT2D eigenvalue weighted by Crippen LogP contribution is 2.44. The van der Waals surface area contributed by atoms with Crippen LogP contribution in [0.2, 0.25) is 0 Å². The van der Waals surface area contributed by atoms with E-state index in [1.807, 2.05) is 0 Å². The molecule has 0 radical (unpaired) electrons. The SMILES string of the molecule is NNCCNC(=O)Nc1nc2c(s1)-c1c(cnn1-c1ccccc1C(F)(F)F)C2. The van der Waals surface area contributed by atoms with Gasteiger partial charge in [-0.25, -0.2) is 14.5 Å². The zero-order valence-corrected chi connectivity index (χ0v) is 15.7. The van der Waals surface area contributed by atoms with Crippen molar-refractivity contribution in [2.75, 3.05) is 18.4 Å². The highest BCUT2D eigenvalue weighted by molar-refractivity contribution is 7.19. The number of carbonyl (C=O) groups is 1. The summed E-state index contributed by atoms with van der Waals surface area (Å²) in [5.74, 6) is 5.14. The Morgan fingerprint density at radius 1 is 1.28 bits per heavy atom. The lowest BCUT2D eigenvalue weighted by molar-refractivity contribution is -0.137. The maximum absolute atomic E-state index is 13.4. The number of aromatic nitrogens is 3. The van der Waals surface area contributed by atoms with Crippen LogP contribution in [-0.4, -0.2) is 33.9 Å². The highest BCUT2D eigenvalue weighted by atomic mass is 32.1. The van der Waals surface area contributed by atoms with Crippen LogP contribution in [0.1, 0.15) is 16.8 Å². The van der Waals surface area contributed by atoms with Gasteiger partial charge in [0.25, 0.3) is 0 Å². The maximum Gasteiger partial charge on any atom is 0.418 e. The van der Waals surface area contributed by atoms with Gasteiger partial charge in [0.1, 0.15) is 0 Å². The van der Waals surface area contributed by atoms with E-state index in [1.54, 1.807) is 6.20 Å². The molecule has 5 N–H and O–H groups in total. The summed E-state index contributed by atoms with van der Waals surface area (Å²) in [7, 11) is 0. The van der Waals surface area contributed by atoms with Gasteiger partial charge in [0, 0.05) is 25.1 Å². The van der Waals surface area contributed by atoms with Gasteiger partial charge in [0.15, 0.2) is 5.13 Å². The third kappa shape index (κ3) is 3.69. The molecule has 0 saturated heterocycles. The van der Waals surface area contributed by atoms with E-state index in [-0.39, 0.29) is 5.69 Å². The van der Waals surface area contributed by atoms with E-state index in [1.165, 1.54) is 34.2 Å². The summed E-state index contributed by atoms with van der Waals surface area (Å²) in [6.45, 7) is 0.738. The topological polar surface area (TPSA) is 110 Å². The Kier molecular flexibility index (Phi) is 4.98. The predicted octanol–water partition coefficient (Wildman–Crippen LogP) is 2.50. The number of benzene rings is 1. The first-order valence-corrected chi connectivity index (χ1v) is 9.42. The Balaban J connectivity index is 1.65. The van der Waals surface area contributed by atoms with Crippen LogP contribution in [0.15, 0.2) is 30.5 Å². The minimum Gasteiger partial charge on any atom is -0.336 e. The van der Waals surface area contributed by atoms with Gasteiger partial charge >= 0.3 is 12.2 Å². The minimum atomic E-state index is -4.51. The van der Waals surface area contributed by atoms with Crippen LogP contribution >= 0.6 is 11.3 Å². The fourth-order valence-electron chi connectivity index (χ4n) is 3.11. The molecule has 0 fully saturated rings. The standard InChI is InChI=1S/C17H16F3N7OS/c18-17(19,20)10-3-1-2-4-12(10)27-13-9(8-24-27)7-11-14(13)29-16(25-11)26-15(28)22-5-6-23-21/h1-4,8,23H,5-7,21H2,(H2,22,25,26,28). The first-order valence-electron chi connectivity index (χ1n) is 8.60. The fraction of sp³-hybridized carbons (Fsp3) is 0.235. The molecule has 4 rings (SSSR count). The van der Waals surface area contributed by atoms with E-state index in [2.05, 4.69) is 26.1 Å². The number of nitrogens with zero attached hydrogens (tertiary/aromatic N) is 3. The van der Waals surface area contributed by atoms with E-state index in [0.717, 1.165) is 11.6 Å². The summed E-state index contributed by atoms with van der Waals surface area (Å²) in [4.78, 5) is 17.0. The number of urea groups is 1. The normalized spacial score (nSPS) is 12.6. The summed E-state index contributed by atoms with van der Waals surface area (Å²) >= 11 is 1.19. The number of carbonyl (C=O) groups excluding carboxylic acids is 1. The number of hydrogen-bond acceptors (Lipinski definition) is 6. The monoisotopic (exact) mass is 423 g/mol. The number of anilines is 1. The highest BCUT2D eigenvalue weighted by Gasteiger charge is 2.36. The van der Waals surface area contributed by atoms with Gasteiger partial charge in [-0.05, 0) is 12.1 Å². The van der Waals surface area contributed by atoms with Crippen LogP contribution in [-0.2, 0) is 12.6 Å². The summed E-state index contributed by atoms with van der Waals surface area (Å²) in [5, 5.41) is 9.77. The van der Waals surface area contributed by atoms with Gasteiger partial charge in [-0.2, -0.15) is 18.3 Å². The maximum atomic E-state index is 13.4. The molecule has 1 aliphatic carbocycles. The number of para-hydroxylation sites is 1. The largest absolute Gasteiger partial charge is 0.418 e. The van der Waals surface area contributed by atoms with Crippen LogP contribution in [0.4, 0.5) is 23.1 Å². The predicted molar refractivity (Wildman–Crippen MR) is 102 cm³/mol. The third-order valence-corrected chi connectivity index (χ3v) is 5.35. The van der Waals surface area contributed by atoms with Gasteiger partial charge in [-0.3, -0.25) is 16.6 Å². The molecular formula is C17H16F3N7OS. The molecule has 0 spiro atoms. The van der Waals surface area contributed by atoms with Crippen LogP contribution in [0.5, 0.6) is 0 Å². The second-order valence-corrected chi connectivity index (χ2v) is 7.25. The Bertz CT molecular complexity index is 1060. The second-order valence-electron chi connectivity index (χ2n) is 6.25. The summed E-state index contributed by atoms with van der Waals surface area (Å²) < 4.78 is 41.6. The van der Waals surface area contributed by atoms with Gasteiger partial charge < -0.3 is 5.32 Å². The molecule has 0 unspecified atom stereocenters. The van der Waals surface area contributed by atoms with Crippen LogP contribution in [0, 0.1) is 0 Å². The van der Waals surface area contributed by atoms with E-state index in [9.17, 15) is 18.0 Å². The molecule has 1 aromatic carbocycles. The molecule has 0 atom stereocenters. The number of amides is 2. The number of nitrogens with two attached hydrogens (primary N) is 1. The Morgan fingerprint density at radius 2 is 2.07 bits per heavy atom. The van der Waals surface area contributed by atoms with Crippen LogP contribution in [0.25, 0.3) is 16.3 Å². The number of hydrogen-bond donors (Lipinski definition) is 4. The Hall–Kier alpha value is -2.96. The molecule has 2 heterocycles. The lowest BCUT2D eigenvalue weighted by Gasteiger charge is -2.14. The molecule has 29 heavy (non-hydrogen) atoms. The van der Waals surface area contributed by atoms with Crippen molar-refractivity contribution in [2.24, 2.45) is 5.84 Å². The molecule has 0 bridgehead atoms. The van der Waals surface area contributed by atoms with Crippen molar-refractivity contribution in [1.82, 2.24) is 25.5 Å². The van der Waals surface area contributed by atoms with Crippen molar-refractivity contribution in [3.05, 3.63) is 47.3 Å². The van der Waals surface area contributed by atoms with Gasteiger partial charge in [-0.15, -0.1) is 0 Å². The van der Waals surface area contributed by atoms with Crippen molar-refractivity contribution in [3.8, 4) is 16.3 Å². The third-order valence-electron chi connectivity index (χ3n) is 4.33. The summed E-state index contributed by atoms with van der Waals surface area (Å²) in [6, 6.07) is 4.85. The average Bonchev–Trinajstić information content (AvgIpc) is 3.32. The number of hydrazine groups is 1. The average molecular weight is 423 g/mol. The first kappa shape index (κ1) is 19.4. The molecule has 3 aromatic rings. The number of rotatable bonds is 5. The fourth-order valence-corrected chi connectivity index (χ4v) is 4.16. The minimum absolute atomic E-state index is 0.0518. The lowest BCUT2D eigenvalue weighted by atomic mass is 10.1. The summed E-state index contributed by atoms with van der Waals surface area (Å²) in [6.07, 6.45) is -2.51. The smallest absolute Gasteiger partial charge is 0.336 e. The van der Waals surface area contributed by atoms with Gasteiger partial charge in [0.2, 0.25) is 0 Å². The molecule has 0 aliphatic heterocycles. The number of fused-ring (bicyclic) bond motifs is 3. The Labute approximate surface area is 166 Å². The van der Waals surface area contributed by atoms with Crippen LogP contribution in [0.3, 0.4) is 0 Å².